The molecule has 4 heterocycles. The highest BCUT2D eigenvalue weighted by Crippen LogP contribution is 2.36. The van der Waals surface area contributed by atoms with Gasteiger partial charge in [0.1, 0.15) is 16.5 Å². The monoisotopic (exact) mass is 465 g/mol. The molecule has 0 unspecified atom stereocenters. The van der Waals surface area contributed by atoms with Crippen molar-refractivity contribution >= 4 is 29.0 Å². The van der Waals surface area contributed by atoms with Crippen LogP contribution in [-0.2, 0) is 17.4 Å². The number of aliphatic hydroxyl groups is 1. The van der Waals surface area contributed by atoms with Crippen molar-refractivity contribution in [3.8, 4) is 22.0 Å². The molecule has 4 aromatic rings. The highest BCUT2D eigenvalue weighted by molar-refractivity contribution is 7.13. The lowest BCUT2D eigenvalue weighted by atomic mass is 9.90. The molecule has 1 atom stereocenters. The van der Waals surface area contributed by atoms with Crippen molar-refractivity contribution < 1.29 is 14.3 Å². The molecule has 1 aromatic carbocycles. The molecule has 1 amide bonds. The summed E-state index contributed by atoms with van der Waals surface area (Å²) in [6.45, 7) is 0.436. The Bertz CT molecular complexity index is 1350. The van der Waals surface area contributed by atoms with Crippen LogP contribution in [0.2, 0.25) is 0 Å². The summed E-state index contributed by atoms with van der Waals surface area (Å²) >= 11 is 1.31. The molecule has 0 aliphatic carbocycles. The quantitative estimate of drug-likeness (QED) is 0.466. The van der Waals surface area contributed by atoms with Gasteiger partial charge in [-0.25, -0.2) is 19.3 Å². The van der Waals surface area contributed by atoms with Crippen LogP contribution in [0.25, 0.3) is 22.0 Å². The number of aromatic nitrogens is 5. The zero-order chi connectivity index (χ0) is 23.2. The fourth-order valence-electron chi connectivity index (χ4n) is 3.75. The molecule has 1 saturated heterocycles. The summed E-state index contributed by atoms with van der Waals surface area (Å²) in [5.41, 5.74) is -0.121. The van der Waals surface area contributed by atoms with Gasteiger partial charge in [0.2, 0.25) is 5.95 Å². The number of thiazole rings is 1. The minimum absolute atomic E-state index is 0.215. The van der Waals surface area contributed by atoms with Crippen LogP contribution in [0.4, 0.5) is 16.2 Å². The Morgan fingerprint density at radius 1 is 1.18 bits per heavy atom. The Morgan fingerprint density at radius 2 is 2.03 bits per heavy atom. The number of likely N-dealkylation sites (tertiary alicyclic amines) is 1. The average molecular weight is 466 g/mol. The summed E-state index contributed by atoms with van der Waals surface area (Å²) in [5.74, 6) is 0.0896. The summed E-state index contributed by atoms with van der Waals surface area (Å²) in [7, 11) is 3.45. The van der Waals surface area contributed by atoms with Gasteiger partial charge in [0, 0.05) is 56.5 Å². The van der Waals surface area contributed by atoms with Crippen LogP contribution >= 0.6 is 11.3 Å². The molecule has 3 aromatic heterocycles. The lowest BCUT2D eigenvalue weighted by Gasteiger charge is -2.21. The molecular formula is C22H20FN7O2S. The van der Waals surface area contributed by atoms with Crippen LogP contribution < -0.4 is 5.32 Å². The molecule has 0 saturated carbocycles. The fraction of sp³-hybridized carbons (Fsp3) is 0.227. The van der Waals surface area contributed by atoms with Gasteiger partial charge in [-0.05, 0) is 23.8 Å². The van der Waals surface area contributed by atoms with E-state index in [4.69, 9.17) is 0 Å². The van der Waals surface area contributed by atoms with Crippen molar-refractivity contribution in [1.29, 1.82) is 0 Å². The third-order valence-electron chi connectivity index (χ3n) is 5.56. The Labute approximate surface area is 192 Å². The third kappa shape index (κ3) is 3.85. The van der Waals surface area contributed by atoms with Crippen LogP contribution in [0.1, 0.15) is 12.0 Å². The first-order chi connectivity index (χ1) is 15.8. The molecule has 1 fully saturated rings. The summed E-state index contributed by atoms with van der Waals surface area (Å²) in [6.07, 6.45) is 3.66. The van der Waals surface area contributed by atoms with E-state index in [-0.39, 0.29) is 12.0 Å². The third-order valence-corrected chi connectivity index (χ3v) is 6.43. The minimum Gasteiger partial charge on any atom is -0.375 e. The van der Waals surface area contributed by atoms with Crippen LogP contribution in [-0.4, -0.2) is 54.2 Å². The number of amides is 1. The first-order valence-electron chi connectivity index (χ1n) is 10.2. The van der Waals surface area contributed by atoms with Gasteiger partial charge in [0.05, 0.1) is 5.69 Å². The number of anilines is 2. The van der Waals surface area contributed by atoms with Gasteiger partial charge < -0.3 is 15.3 Å². The van der Waals surface area contributed by atoms with Crippen LogP contribution in [0, 0.1) is 5.82 Å². The van der Waals surface area contributed by atoms with Crippen molar-refractivity contribution in [2.24, 2.45) is 7.05 Å². The maximum Gasteiger partial charge on any atom is 0.258 e. The molecule has 0 bridgehead atoms. The molecule has 0 spiro atoms. The van der Waals surface area contributed by atoms with E-state index in [9.17, 15) is 14.3 Å². The highest BCUT2D eigenvalue weighted by Gasteiger charge is 2.45. The molecular weight excluding hydrogens is 445 g/mol. The second-order valence-electron chi connectivity index (χ2n) is 7.83. The molecule has 0 radical (unpaired) electrons. The van der Waals surface area contributed by atoms with E-state index >= 15 is 0 Å². The molecule has 1 aliphatic heterocycles. The standard InChI is InChI=1S/C22H20FN7O2S/c1-29-10-7-22(32,20(29)31)13-3-4-15(23)14(11-13)17-12-33-19(25-17)16-5-8-24-21(26-16)27-18-6-9-30(2)28-18/h3-6,8-9,11-12,32H,7,10H2,1-2H3,(H,24,26,27,28)/t22-/m1/s1. The van der Waals surface area contributed by atoms with Crippen LogP contribution in [0.3, 0.4) is 0 Å². The number of hydrogen-bond donors (Lipinski definition) is 2. The van der Waals surface area contributed by atoms with Crippen molar-refractivity contribution in [3.63, 3.8) is 0 Å². The number of nitrogens with zero attached hydrogens (tertiary/aromatic N) is 6. The predicted octanol–water partition coefficient (Wildman–Crippen LogP) is 2.93. The molecule has 2 N–H and O–H groups in total. The molecule has 33 heavy (non-hydrogen) atoms. The van der Waals surface area contributed by atoms with E-state index in [1.54, 1.807) is 41.6 Å². The van der Waals surface area contributed by atoms with Gasteiger partial charge in [0.25, 0.3) is 5.91 Å². The Kier molecular flexibility index (Phi) is 5.14. The van der Waals surface area contributed by atoms with Crippen LogP contribution in [0.5, 0.6) is 0 Å². The number of likely N-dealkylation sites (N-methyl/N-ethyl adjacent to an activating group) is 1. The largest absolute Gasteiger partial charge is 0.375 e. The number of carbonyl (C=O) groups is 1. The fourth-order valence-corrected chi connectivity index (χ4v) is 4.54. The minimum atomic E-state index is -1.66. The Hall–Kier alpha value is -3.70. The summed E-state index contributed by atoms with van der Waals surface area (Å²) < 4.78 is 16.4. The number of hydrogen-bond acceptors (Lipinski definition) is 8. The first-order valence-corrected chi connectivity index (χ1v) is 11.1. The Morgan fingerprint density at radius 3 is 2.76 bits per heavy atom. The lowest BCUT2D eigenvalue weighted by Crippen LogP contribution is -2.36. The van der Waals surface area contributed by atoms with Gasteiger partial charge in [-0.2, -0.15) is 5.10 Å². The Balaban J connectivity index is 1.45. The van der Waals surface area contributed by atoms with Gasteiger partial charge in [-0.1, -0.05) is 6.07 Å². The SMILES string of the molecule is CN1CC[C@@](O)(c2ccc(F)c(-c3csc(-c4ccnc(Nc5ccn(C)n5)n4)n3)c2)C1=O. The zero-order valence-corrected chi connectivity index (χ0v) is 18.7. The number of benzene rings is 1. The van der Waals surface area contributed by atoms with Crippen molar-refractivity contribution in [1.82, 2.24) is 29.6 Å². The molecule has 5 rings (SSSR count). The van der Waals surface area contributed by atoms with Crippen LogP contribution in [0.15, 0.2) is 48.1 Å². The van der Waals surface area contributed by atoms with E-state index in [0.29, 0.717) is 40.3 Å². The van der Waals surface area contributed by atoms with E-state index in [0.717, 1.165) is 0 Å². The summed E-state index contributed by atoms with van der Waals surface area (Å²) in [4.78, 5) is 27.2. The normalized spacial score (nSPS) is 18.2. The maximum absolute atomic E-state index is 14.7. The number of halogens is 1. The number of aryl methyl sites for hydroxylation is 1. The molecule has 11 heteroatoms. The van der Waals surface area contributed by atoms with E-state index in [1.807, 2.05) is 7.05 Å². The van der Waals surface area contributed by atoms with E-state index < -0.39 is 17.3 Å². The van der Waals surface area contributed by atoms with Gasteiger partial charge in [-0.3, -0.25) is 9.48 Å². The lowest BCUT2D eigenvalue weighted by molar-refractivity contribution is -0.143. The highest BCUT2D eigenvalue weighted by atomic mass is 32.1. The van der Waals surface area contributed by atoms with E-state index in [2.05, 4.69) is 25.4 Å². The number of rotatable bonds is 5. The first kappa shape index (κ1) is 21.2. The molecule has 9 nitrogen and oxygen atoms in total. The van der Waals surface area contributed by atoms with Crippen molar-refractivity contribution in [2.75, 3.05) is 18.9 Å². The summed E-state index contributed by atoms with van der Waals surface area (Å²) in [6, 6.07) is 7.72. The van der Waals surface area contributed by atoms with E-state index in [1.165, 1.54) is 34.4 Å². The number of carbonyl (C=O) groups excluding carboxylic acids is 1. The second kappa shape index (κ2) is 8.01. The molecule has 1 aliphatic rings. The zero-order valence-electron chi connectivity index (χ0n) is 17.9. The average Bonchev–Trinajstić information content (AvgIpc) is 3.52. The van der Waals surface area contributed by atoms with Crippen molar-refractivity contribution in [3.05, 3.63) is 59.5 Å². The summed E-state index contributed by atoms with van der Waals surface area (Å²) in [5, 5.41) is 20.5. The number of nitrogens with one attached hydrogen (secondary N) is 1. The van der Waals surface area contributed by atoms with Crippen molar-refractivity contribution in [2.45, 2.75) is 12.0 Å². The maximum atomic E-state index is 14.7. The predicted molar refractivity (Wildman–Crippen MR) is 121 cm³/mol. The topological polar surface area (TPSA) is 109 Å². The van der Waals surface area contributed by atoms with Gasteiger partial charge in [-0.15, -0.1) is 11.3 Å². The smallest absolute Gasteiger partial charge is 0.258 e. The molecule has 168 valence electrons. The van der Waals surface area contributed by atoms with Gasteiger partial charge in [0.15, 0.2) is 11.4 Å². The second-order valence-corrected chi connectivity index (χ2v) is 8.69. The van der Waals surface area contributed by atoms with Gasteiger partial charge >= 0.3 is 0 Å².